The third kappa shape index (κ3) is 6.26. The smallest absolute Gasteiger partial charge is 0.164 e. The van der Waals surface area contributed by atoms with Crippen molar-refractivity contribution in [2.24, 2.45) is 0 Å². The molecular weight excluding hydrogens is 671 g/mol. The molecule has 258 valence electrons. The van der Waals surface area contributed by atoms with Crippen LogP contribution in [-0.2, 0) is 0 Å². The van der Waals surface area contributed by atoms with Crippen LogP contribution in [0.3, 0.4) is 0 Å². The Morgan fingerprint density at radius 3 is 1.44 bits per heavy atom. The predicted octanol–water partition coefficient (Wildman–Crippen LogP) is 13.4. The van der Waals surface area contributed by atoms with E-state index in [-0.39, 0.29) is 0 Å². The van der Waals surface area contributed by atoms with Gasteiger partial charge in [0.1, 0.15) is 11.2 Å². The van der Waals surface area contributed by atoms with Gasteiger partial charge in [0.15, 0.2) is 17.5 Å². The van der Waals surface area contributed by atoms with Gasteiger partial charge in [0, 0.05) is 27.5 Å². The van der Waals surface area contributed by atoms with Gasteiger partial charge < -0.3 is 4.42 Å². The second-order valence-corrected chi connectivity index (χ2v) is 13.6. The molecule has 2 aromatic heterocycles. The summed E-state index contributed by atoms with van der Waals surface area (Å²) in [6.45, 7) is 0. The van der Waals surface area contributed by atoms with Crippen LogP contribution in [0.15, 0.2) is 205 Å². The van der Waals surface area contributed by atoms with Crippen molar-refractivity contribution in [2.75, 3.05) is 0 Å². The van der Waals surface area contributed by atoms with E-state index in [0.29, 0.717) is 17.5 Å². The highest BCUT2D eigenvalue weighted by molar-refractivity contribution is 6.05. The van der Waals surface area contributed by atoms with E-state index < -0.39 is 0 Å². The normalized spacial score (nSPS) is 11.3. The Balaban J connectivity index is 1.01. The Kier molecular flexibility index (Phi) is 8.12. The molecule has 10 aromatic rings. The van der Waals surface area contributed by atoms with Gasteiger partial charge in [-0.1, -0.05) is 176 Å². The minimum atomic E-state index is 0.621. The van der Waals surface area contributed by atoms with Gasteiger partial charge in [-0.3, -0.25) is 0 Å². The second kappa shape index (κ2) is 13.8. The summed E-state index contributed by atoms with van der Waals surface area (Å²) in [5.41, 5.74) is 13.5. The zero-order valence-electron chi connectivity index (χ0n) is 29.8. The molecule has 4 heteroatoms. The lowest BCUT2D eigenvalue weighted by Crippen LogP contribution is -2.01. The first-order valence-electron chi connectivity index (χ1n) is 18.4. The number of rotatable bonds is 7. The lowest BCUT2D eigenvalue weighted by molar-refractivity contribution is 0.669. The standard InChI is InChI=1S/C51H33N3O/c1-3-12-34(13-4-1)40-16-11-17-42(32-40)50-52-49(53-51(54-50)46-20-8-7-18-43(46)38-14-5-2-6-15-38)39-28-26-36(27-29-39)35-22-24-37(25-23-35)41-30-31-45-44-19-9-10-21-47(44)55-48(45)33-41/h1-33H. The summed E-state index contributed by atoms with van der Waals surface area (Å²) in [6, 6.07) is 69.3. The van der Waals surface area contributed by atoms with Gasteiger partial charge in [-0.2, -0.15) is 0 Å². The Bertz CT molecular complexity index is 2950. The number of benzene rings is 8. The van der Waals surface area contributed by atoms with Crippen LogP contribution in [0, 0.1) is 0 Å². The minimum Gasteiger partial charge on any atom is -0.456 e. The number of nitrogens with zero attached hydrogens (tertiary/aromatic N) is 3. The maximum Gasteiger partial charge on any atom is 0.164 e. The molecule has 8 aromatic carbocycles. The molecule has 0 fully saturated rings. The summed E-state index contributed by atoms with van der Waals surface area (Å²) >= 11 is 0. The first-order chi connectivity index (χ1) is 27.2. The summed E-state index contributed by atoms with van der Waals surface area (Å²) in [7, 11) is 0. The van der Waals surface area contributed by atoms with Gasteiger partial charge in [-0.05, 0) is 68.8 Å². The maximum atomic E-state index is 6.16. The van der Waals surface area contributed by atoms with Gasteiger partial charge in [0.2, 0.25) is 0 Å². The Morgan fingerprint density at radius 1 is 0.255 bits per heavy atom. The summed E-state index contributed by atoms with van der Waals surface area (Å²) in [5, 5.41) is 2.27. The molecule has 55 heavy (non-hydrogen) atoms. The fourth-order valence-corrected chi connectivity index (χ4v) is 7.34. The molecule has 0 N–H and O–H groups in total. The molecule has 0 aliphatic heterocycles. The van der Waals surface area contributed by atoms with E-state index >= 15 is 0 Å². The third-order valence-electron chi connectivity index (χ3n) is 10.2. The van der Waals surface area contributed by atoms with Crippen LogP contribution in [0.25, 0.3) is 101 Å². The van der Waals surface area contributed by atoms with Gasteiger partial charge >= 0.3 is 0 Å². The van der Waals surface area contributed by atoms with E-state index in [2.05, 4.69) is 164 Å². The van der Waals surface area contributed by atoms with Crippen molar-refractivity contribution >= 4 is 21.9 Å². The molecule has 2 heterocycles. The Hall–Kier alpha value is -7.43. The molecule has 0 bridgehead atoms. The van der Waals surface area contributed by atoms with Gasteiger partial charge in [-0.15, -0.1) is 0 Å². The average Bonchev–Trinajstić information content (AvgIpc) is 3.65. The molecule has 0 spiro atoms. The molecule has 0 atom stereocenters. The topological polar surface area (TPSA) is 51.8 Å². The fraction of sp³-hybridized carbons (Fsp3) is 0. The number of hydrogen-bond donors (Lipinski definition) is 0. The van der Waals surface area contributed by atoms with E-state index in [9.17, 15) is 0 Å². The van der Waals surface area contributed by atoms with Gasteiger partial charge in [0.25, 0.3) is 0 Å². The molecule has 0 aliphatic carbocycles. The lowest BCUT2D eigenvalue weighted by Gasteiger charge is -2.13. The lowest BCUT2D eigenvalue weighted by atomic mass is 9.98. The molecule has 0 saturated carbocycles. The highest BCUT2D eigenvalue weighted by atomic mass is 16.3. The molecule has 0 aliphatic rings. The quantitative estimate of drug-likeness (QED) is 0.166. The first kappa shape index (κ1) is 32.2. The zero-order chi connectivity index (χ0) is 36.6. The van der Waals surface area contributed by atoms with E-state index in [1.54, 1.807) is 0 Å². The van der Waals surface area contributed by atoms with Crippen LogP contribution in [0.2, 0.25) is 0 Å². The van der Waals surface area contributed by atoms with E-state index in [1.807, 2.05) is 36.4 Å². The average molecular weight is 704 g/mol. The number of para-hydroxylation sites is 1. The van der Waals surface area contributed by atoms with E-state index in [4.69, 9.17) is 19.4 Å². The van der Waals surface area contributed by atoms with Crippen LogP contribution < -0.4 is 0 Å². The molecule has 0 radical (unpaired) electrons. The summed E-state index contributed by atoms with van der Waals surface area (Å²) in [6.07, 6.45) is 0. The largest absolute Gasteiger partial charge is 0.456 e. The monoisotopic (exact) mass is 703 g/mol. The van der Waals surface area contributed by atoms with Crippen molar-refractivity contribution < 1.29 is 4.42 Å². The van der Waals surface area contributed by atoms with Crippen molar-refractivity contribution in [3.63, 3.8) is 0 Å². The Labute approximate surface area is 319 Å². The number of furan rings is 1. The zero-order valence-corrected chi connectivity index (χ0v) is 29.8. The third-order valence-corrected chi connectivity index (χ3v) is 10.2. The predicted molar refractivity (Wildman–Crippen MR) is 225 cm³/mol. The number of hydrogen-bond acceptors (Lipinski definition) is 4. The van der Waals surface area contributed by atoms with Crippen LogP contribution in [0.1, 0.15) is 0 Å². The minimum absolute atomic E-state index is 0.621. The summed E-state index contributed by atoms with van der Waals surface area (Å²) in [5.74, 6) is 1.88. The van der Waals surface area contributed by atoms with Crippen molar-refractivity contribution in [3.05, 3.63) is 200 Å². The van der Waals surface area contributed by atoms with Crippen LogP contribution in [-0.4, -0.2) is 15.0 Å². The van der Waals surface area contributed by atoms with E-state index in [1.165, 1.54) is 0 Å². The number of fused-ring (bicyclic) bond motifs is 3. The fourth-order valence-electron chi connectivity index (χ4n) is 7.34. The van der Waals surface area contributed by atoms with Crippen LogP contribution >= 0.6 is 0 Å². The molecular formula is C51H33N3O. The highest BCUT2D eigenvalue weighted by Crippen LogP contribution is 2.35. The molecule has 0 amide bonds. The molecule has 0 unspecified atom stereocenters. The van der Waals surface area contributed by atoms with Crippen molar-refractivity contribution in [3.8, 4) is 78.7 Å². The summed E-state index contributed by atoms with van der Waals surface area (Å²) in [4.78, 5) is 15.3. The molecule has 10 rings (SSSR count). The maximum absolute atomic E-state index is 6.16. The van der Waals surface area contributed by atoms with E-state index in [0.717, 1.165) is 83.1 Å². The van der Waals surface area contributed by atoms with Crippen LogP contribution in [0.5, 0.6) is 0 Å². The van der Waals surface area contributed by atoms with Crippen molar-refractivity contribution in [1.82, 2.24) is 15.0 Å². The van der Waals surface area contributed by atoms with Gasteiger partial charge in [-0.25, -0.2) is 15.0 Å². The molecule has 4 nitrogen and oxygen atoms in total. The highest BCUT2D eigenvalue weighted by Gasteiger charge is 2.16. The van der Waals surface area contributed by atoms with Crippen molar-refractivity contribution in [1.29, 1.82) is 0 Å². The first-order valence-corrected chi connectivity index (χ1v) is 18.4. The van der Waals surface area contributed by atoms with Gasteiger partial charge in [0.05, 0.1) is 0 Å². The van der Waals surface area contributed by atoms with Crippen molar-refractivity contribution in [2.45, 2.75) is 0 Å². The number of aromatic nitrogens is 3. The second-order valence-electron chi connectivity index (χ2n) is 13.6. The summed E-state index contributed by atoms with van der Waals surface area (Å²) < 4.78 is 6.16. The SMILES string of the molecule is c1ccc(-c2cccc(-c3nc(-c4ccc(-c5ccc(-c6ccc7c(c6)oc6ccccc67)cc5)cc4)nc(-c4ccccc4-c4ccccc4)n3)c2)cc1. The Morgan fingerprint density at radius 2 is 0.709 bits per heavy atom. The van der Waals surface area contributed by atoms with Crippen LogP contribution in [0.4, 0.5) is 0 Å². The molecule has 0 saturated heterocycles.